The Bertz CT molecular complexity index is 546. The van der Waals surface area contributed by atoms with Crippen molar-refractivity contribution in [3.8, 4) is 0 Å². The molecule has 2 atom stereocenters. The number of non-ortho nitro benzene ring substituents is 1. The van der Waals surface area contributed by atoms with Crippen LogP contribution in [0.1, 0.15) is 24.2 Å². The van der Waals surface area contributed by atoms with Crippen molar-refractivity contribution in [1.82, 2.24) is 0 Å². The summed E-state index contributed by atoms with van der Waals surface area (Å²) in [6.07, 6.45) is -0.0490. The van der Waals surface area contributed by atoms with E-state index in [1.165, 1.54) is 18.2 Å². The number of hydrogen-bond donors (Lipinski definition) is 1. The van der Waals surface area contributed by atoms with Gasteiger partial charge in [0.05, 0.1) is 28.9 Å². The van der Waals surface area contributed by atoms with Crippen LogP contribution in [0.2, 0.25) is 0 Å². The van der Waals surface area contributed by atoms with E-state index in [9.17, 15) is 20.0 Å². The van der Waals surface area contributed by atoms with Crippen LogP contribution < -0.4 is 4.90 Å². The summed E-state index contributed by atoms with van der Waals surface area (Å²) in [5, 5.41) is 20.1. The Hall–Kier alpha value is -2.15. The second-order valence-corrected chi connectivity index (χ2v) is 4.91. The Morgan fingerprint density at radius 2 is 2.20 bits per heavy atom. The number of nitro groups is 1. The summed E-state index contributed by atoms with van der Waals surface area (Å²) in [7, 11) is 0. The van der Waals surface area contributed by atoms with Crippen LogP contribution in [0.15, 0.2) is 18.2 Å². The molecule has 0 aromatic heterocycles. The van der Waals surface area contributed by atoms with Gasteiger partial charge in [-0.25, -0.2) is 4.79 Å². The molecule has 0 aliphatic carbocycles. The average Bonchev–Trinajstić information content (AvgIpc) is 2.40. The van der Waals surface area contributed by atoms with Crippen LogP contribution in [0.5, 0.6) is 0 Å². The molecule has 2 rings (SSSR count). The van der Waals surface area contributed by atoms with Gasteiger partial charge in [-0.3, -0.25) is 10.1 Å². The molecule has 1 aromatic rings. The molecule has 0 amide bonds. The number of carbonyl (C=O) groups is 1. The Kier molecular flexibility index (Phi) is 3.89. The lowest BCUT2D eigenvalue weighted by Crippen LogP contribution is -2.48. The number of carboxylic acids is 1. The van der Waals surface area contributed by atoms with Gasteiger partial charge in [0.2, 0.25) is 0 Å². The molecule has 0 radical (unpaired) electrons. The maximum Gasteiger partial charge on any atom is 0.337 e. The normalized spacial score (nSPS) is 22.6. The van der Waals surface area contributed by atoms with Crippen molar-refractivity contribution >= 4 is 17.3 Å². The number of nitro benzene ring substituents is 1. The number of carboxylic acid groups (broad SMARTS) is 1. The molecule has 2 unspecified atom stereocenters. The smallest absolute Gasteiger partial charge is 0.337 e. The summed E-state index contributed by atoms with van der Waals surface area (Å²) < 4.78 is 5.50. The molecular weight excluding hydrogens is 264 g/mol. The molecule has 1 aliphatic heterocycles. The lowest BCUT2D eigenvalue weighted by molar-refractivity contribution is -0.384. The molecule has 1 fully saturated rings. The van der Waals surface area contributed by atoms with Crippen molar-refractivity contribution < 1.29 is 19.6 Å². The highest BCUT2D eigenvalue weighted by molar-refractivity contribution is 5.95. The minimum absolute atomic E-state index is 0.0358. The van der Waals surface area contributed by atoms with E-state index in [1.54, 1.807) is 0 Å². The summed E-state index contributed by atoms with van der Waals surface area (Å²) in [6.45, 7) is 4.75. The second kappa shape index (κ2) is 5.46. The summed E-state index contributed by atoms with van der Waals surface area (Å²) >= 11 is 0. The zero-order valence-corrected chi connectivity index (χ0v) is 11.3. The van der Waals surface area contributed by atoms with E-state index >= 15 is 0 Å². The molecular formula is C13H16N2O5. The van der Waals surface area contributed by atoms with Crippen LogP contribution in [0.25, 0.3) is 0 Å². The van der Waals surface area contributed by atoms with Gasteiger partial charge in [0.15, 0.2) is 0 Å². The van der Waals surface area contributed by atoms with Crippen molar-refractivity contribution in [3.63, 3.8) is 0 Å². The number of benzene rings is 1. The summed E-state index contributed by atoms with van der Waals surface area (Å²) in [6, 6.07) is 3.77. The zero-order valence-electron chi connectivity index (χ0n) is 11.3. The molecule has 1 heterocycles. The number of ether oxygens (including phenoxy) is 1. The van der Waals surface area contributed by atoms with Crippen molar-refractivity contribution in [2.24, 2.45) is 0 Å². The van der Waals surface area contributed by atoms with E-state index in [0.29, 0.717) is 18.8 Å². The quantitative estimate of drug-likeness (QED) is 0.671. The largest absolute Gasteiger partial charge is 0.478 e. The standard InChI is InChI=1S/C13H16N2O5/c1-8-7-20-9(2)6-14(8)12-5-10(15(18)19)3-4-11(12)13(16)17/h3-5,8-9H,6-7H2,1-2H3,(H,16,17). The van der Waals surface area contributed by atoms with Gasteiger partial charge in [-0.1, -0.05) is 0 Å². The molecule has 20 heavy (non-hydrogen) atoms. The molecule has 7 nitrogen and oxygen atoms in total. The van der Waals surface area contributed by atoms with Gasteiger partial charge in [-0.15, -0.1) is 0 Å². The number of anilines is 1. The predicted molar refractivity (Wildman–Crippen MR) is 72.3 cm³/mol. The molecule has 7 heteroatoms. The monoisotopic (exact) mass is 280 g/mol. The summed E-state index contributed by atoms with van der Waals surface area (Å²) in [5.41, 5.74) is 0.322. The molecule has 0 saturated carbocycles. The molecule has 108 valence electrons. The number of nitrogens with zero attached hydrogens (tertiary/aromatic N) is 2. The van der Waals surface area contributed by atoms with Crippen LogP contribution in [-0.2, 0) is 4.74 Å². The Morgan fingerprint density at radius 3 is 2.80 bits per heavy atom. The maximum absolute atomic E-state index is 11.3. The second-order valence-electron chi connectivity index (χ2n) is 4.91. The van der Waals surface area contributed by atoms with Crippen LogP contribution >= 0.6 is 0 Å². The molecule has 1 aliphatic rings. The predicted octanol–water partition coefficient (Wildman–Crippen LogP) is 1.91. The zero-order chi connectivity index (χ0) is 14.9. The fourth-order valence-corrected chi connectivity index (χ4v) is 2.29. The van der Waals surface area contributed by atoms with Crippen LogP contribution in [-0.4, -0.2) is 41.3 Å². The van der Waals surface area contributed by atoms with E-state index in [-0.39, 0.29) is 23.4 Å². The third-order valence-electron chi connectivity index (χ3n) is 3.34. The van der Waals surface area contributed by atoms with Gasteiger partial charge >= 0.3 is 5.97 Å². The van der Waals surface area contributed by atoms with Gasteiger partial charge < -0.3 is 14.7 Å². The van der Waals surface area contributed by atoms with Gasteiger partial charge in [-0.2, -0.15) is 0 Å². The topological polar surface area (TPSA) is 92.9 Å². The highest BCUT2D eigenvalue weighted by Gasteiger charge is 2.28. The lowest BCUT2D eigenvalue weighted by Gasteiger charge is -2.39. The van der Waals surface area contributed by atoms with E-state index in [2.05, 4.69) is 0 Å². The van der Waals surface area contributed by atoms with Gasteiger partial charge in [-0.05, 0) is 19.9 Å². The van der Waals surface area contributed by atoms with E-state index < -0.39 is 10.9 Å². The van der Waals surface area contributed by atoms with Crippen LogP contribution in [0, 0.1) is 10.1 Å². The lowest BCUT2D eigenvalue weighted by atomic mass is 10.1. The Morgan fingerprint density at radius 1 is 1.50 bits per heavy atom. The fraction of sp³-hybridized carbons (Fsp3) is 0.462. The minimum Gasteiger partial charge on any atom is -0.478 e. The molecule has 1 saturated heterocycles. The third kappa shape index (κ3) is 2.72. The van der Waals surface area contributed by atoms with E-state index in [1.807, 2.05) is 18.7 Å². The average molecular weight is 280 g/mol. The van der Waals surface area contributed by atoms with E-state index in [4.69, 9.17) is 4.74 Å². The molecule has 0 bridgehead atoms. The Balaban J connectivity index is 2.48. The van der Waals surface area contributed by atoms with Crippen molar-refractivity contribution in [3.05, 3.63) is 33.9 Å². The number of rotatable bonds is 3. The summed E-state index contributed by atoms with van der Waals surface area (Å²) in [5.74, 6) is -1.10. The number of aromatic carboxylic acids is 1. The minimum atomic E-state index is -1.10. The Labute approximate surface area is 115 Å². The van der Waals surface area contributed by atoms with Crippen LogP contribution in [0.4, 0.5) is 11.4 Å². The molecule has 0 spiro atoms. The van der Waals surface area contributed by atoms with Crippen molar-refractivity contribution in [1.29, 1.82) is 0 Å². The molecule has 1 aromatic carbocycles. The first-order valence-corrected chi connectivity index (χ1v) is 6.30. The first-order chi connectivity index (χ1) is 9.40. The van der Waals surface area contributed by atoms with E-state index in [0.717, 1.165) is 0 Å². The SMILES string of the molecule is CC1CN(c2cc([N+](=O)[O-])ccc2C(=O)O)C(C)CO1. The summed E-state index contributed by atoms with van der Waals surface area (Å²) in [4.78, 5) is 23.5. The van der Waals surface area contributed by atoms with Gasteiger partial charge in [0.1, 0.15) is 0 Å². The van der Waals surface area contributed by atoms with Crippen molar-refractivity contribution in [2.45, 2.75) is 26.0 Å². The van der Waals surface area contributed by atoms with Gasteiger partial charge in [0, 0.05) is 24.7 Å². The highest BCUT2D eigenvalue weighted by atomic mass is 16.6. The number of morpholine rings is 1. The number of hydrogen-bond acceptors (Lipinski definition) is 5. The first-order valence-electron chi connectivity index (χ1n) is 6.30. The van der Waals surface area contributed by atoms with Gasteiger partial charge in [0.25, 0.3) is 5.69 Å². The van der Waals surface area contributed by atoms with Crippen molar-refractivity contribution in [2.75, 3.05) is 18.1 Å². The van der Waals surface area contributed by atoms with Crippen LogP contribution in [0.3, 0.4) is 0 Å². The first kappa shape index (κ1) is 14.3. The molecule has 1 N–H and O–H groups in total. The maximum atomic E-state index is 11.3. The highest BCUT2D eigenvalue weighted by Crippen LogP contribution is 2.29. The third-order valence-corrected chi connectivity index (χ3v) is 3.34. The fourth-order valence-electron chi connectivity index (χ4n) is 2.29.